The van der Waals surface area contributed by atoms with Crippen molar-refractivity contribution in [2.24, 2.45) is 5.92 Å². The zero-order valence-corrected chi connectivity index (χ0v) is 15.2. The van der Waals surface area contributed by atoms with Gasteiger partial charge in [-0.25, -0.2) is 9.97 Å². The first kappa shape index (κ1) is 16.0. The SMILES string of the molecule is O=C(C1CC(=O)N(c2nccs2)C1)N1CCc2oc(C3CCC3)nc2C1. The minimum Gasteiger partial charge on any atom is -0.445 e. The van der Waals surface area contributed by atoms with E-state index in [2.05, 4.69) is 9.97 Å². The summed E-state index contributed by atoms with van der Waals surface area (Å²) in [5, 5.41) is 2.52. The molecule has 0 N–H and O–H groups in total. The quantitative estimate of drug-likeness (QED) is 0.826. The van der Waals surface area contributed by atoms with Crippen LogP contribution in [0, 0.1) is 5.92 Å². The van der Waals surface area contributed by atoms with Crippen molar-refractivity contribution in [1.29, 1.82) is 0 Å². The molecule has 1 saturated heterocycles. The molecule has 8 heteroatoms. The zero-order chi connectivity index (χ0) is 17.7. The number of thiazole rings is 1. The van der Waals surface area contributed by atoms with Crippen molar-refractivity contribution < 1.29 is 14.0 Å². The second kappa shape index (κ2) is 6.19. The summed E-state index contributed by atoms with van der Waals surface area (Å²) in [7, 11) is 0. The summed E-state index contributed by atoms with van der Waals surface area (Å²) in [5.41, 5.74) is 0.896. The molecule has 7 nitrogen and oxygen atoms in total. The monoisotopic (exact) mass is 372 g/mol. The molecule has 2 aliphatic heterocycles. The van der Waals surface area contributed by atoms with Gasteiger partial charge in [0.1, 0.15) is 11.5 Å². The third kappa shape index (κ3) is 2.63. The molecule has 2 fully saturated rings. The van der Waals surface area contributed by atoms with Crippen LogP contribution >= 0.6 is 11.3 Å². The number of anilines is 1. The fourth-order valence-corrected chi connectivity index (χ4v) is 4.57. The van der Waals surface area contributed by atoms with Crippen molar-refractivity contribution in [3.05, 3.63) is 28.9 Å². The maximum absolute atomic E-state index is 13.0. The first-order chi connectivity index (χ1) is 12.7. The van der Waals surface area contributed by atoms with Gasteiger partial charge in [-0.05, 0) is 12.8 Å². The van der Waals surface area contributed by atoms with E-state index >= 15 is 0 Å². The number of rotatable bonds is 3. The van der Waals surface area contributed by atoms with Crippen molar-refractivity contribution in [2.45, 2.75) is 44.6 Å². The normalized spacial score (nSPS) is 23.2. The first-order valence-corrected chi connectivity index (χ1v) is 10.0. The Labute approximate surface area is 155 Å². The summed E-state index contributed by atoms with van der Waals surface area (Å²) in [6, 6.07) is 0. The Kier molecular flexibility index (Phi) is 3.81. The van der Waals surface area contributed by atoms with Crippen LogP contribution in [0.25, 0.3) is 0 Å². The molecule has 0 spiro atoms. The van der Waals surface area contributed by atoms with E-state index in [1.165, 1.54) is 17.8 Å². The number of fused-ring (bicyclic) bond motifs is 1. The molecule has 0 radical (unpaired) electrons. The van der Waals surface area contributed by atoms with Crippen LogP contribution in [0.15, 0.2) is 16.0 Å². The molecular weight excluding hydrogens is 352 g/mol. The van der Waals surface area contributed by atoms with Crippen molar-refractivity contribution in [3.8, 4) is 0 Å². The predicted molar refractivity (Wildman–Crippen MR) is 94.8 cm³/mol. The van der Waals surface area contributed by atoms with E-state index in [0.29, 0.717) is 37.1 Å². The third-order valence-corrected chi connectivity index (χ3v) is 6.43. The molecule has 3 aliphatic rings. The zero-order valence-electron chi connectivity index (χ0n) is 14.4. The van der Waals surface area contributed by atoms with E-state index in [-0.39, 0.29) is 24.2 Å². The predicted octanol–water partition coefficient (Wildman–Crippen LogP) is 2.34. The van der Waals surface area contributed by atoms with Crippen LogP contribution in [-0.2, 0) is 22.6 Å². The molecule has 0 bridgehead atoms. The summed E-state index contributed by atoms with van der Waals surface area (Å²) in [4.78, 5) is 37.5. The average molecular weight is 372 g/mol. The van der Waals surface area contributed by atoms with Crippen molar-refractivity contribution in [3.63, 3.8) is 0 Å². The van der Waals surface area contributed by atoms with Crippen LogP contribution in [0.5, 0.6) is 0 Å². The topological polar surface area (TPSA) is 79.5 Å². The highest BCUT2D eigenvalue weighted by Crippen LogP contribution is 2.37. The van der Waals surface area contributed by atoms with E-state index in [0.717, 1.165) is 30.2 Å². The highest BCUT2D eigenvalue weighted by Gasteiger charge is 2.39. The van der Waals surface area contributed by atoms with Crippen LogP contribution in [0.2, 0.25) is 0 Å². The summed E-state index contributed by atoms with van der Waals surface area (Å²) in [5.74, 6) is 1.96. The van der Waals surface area contributed by atoms with Gasteiger partial charge in [0.25, 0.3) is 0 Å². The molecule has 2 amide bonds. The van der Waals surface area contributed by atoms with Crippen molar-refractivity contribution >= 4 is 28.3 Å². The highest BCUT2D eigenvalue weighted by atomic mass is 32.1. The van der Waals surface area contributed by atoms with Crippen LogP contribution in [0.1, 0.15) is 48.9 Å². The number of oxazole rings is 1. The van der Waals surface area contributed by atoms with Crippen molar-refractivity contribution in [2.75, 3.05) is 18.0 Å². The number of aromatic nitrogens is 2. The van der Waals surface area contributed by atoms with Crippen LogP contribution < -0.4 is 4.90 Å². The molecule has 1 saturated carbocycles. The molecule has 2 aromatic heterocycles. The second-order valence-electron chi connectivity index (χ2n) is 7.28. The Morgan fingerprint density at radius 1 is 1.35 bits per heavy atom. The Morgan fingerprint density at radius 2 is 2.23 bits per heavy atom. The Morgan fingerprint density at radius 3 is 2.96 bits per heavy atom. The molecular formula is C18H20N4O3S. The number of hydrogen-bond acceptors (Lipinski definition) is 6. The molecule has 26 heavy (non-hydrogen) atoms. The van der Waals surface area contributed by atoms with Gasteiger partial charge in [-0.15, -0.1) is 11.3 Å². The largest absolute Gasteiger partial charge is 0.445 e. The molecule has 4 heterocycles. The Bertz CT molecular complexity index is 843. The van der Waals surface area contributed by atoms with E-state index in [1.54, 1.807) is 11.1 Å². The van der Waals surface area contributed by atoms with Gasteiger partial charge in [-0.2, -0.15) is 0 Å². The maximum atomic E-state index is 13.0. The van der Waals surface area contributed by atoms with Gasteiger partial charge >= 0.3 is 0 Å². The van der Waals surface area contributed by atoms with Crippen LogP contribution in [0.4, 0.5) is 5.13 Å². The second-order valence-corrected chi connectivity index (χ2v) is 8.15. The highest BCUT2D eigenvalue weighted by molar-refractivity contribution is 7.13. The maximum Gasteiger partial charge on any atom is 0.229 e. The van der Waals surface area contributed by atoms with Gasteiger partial charge in [0.2, 0.25) is 11.8 Å². The molecule has 5 rings (SSSR count). The van der Waals surface area contributed by atoms with Gasteiger partial charge in [-0.3, -0.25) is 14.5 Å². The van der Waals surface area contributed by atoms with Gasteiger partial charge in [0.15, 0.2) is 11.0 Å². The van der Waals surface area contributed by atoms with Gasteiger partial charge < -0.3 is 9.32 Å². The van der Waals surface area contributed by atoms with Gasteiger partial charge in [-0.1, -0.05) is 6.42 Å². The number of carbonyl (C=O) groups is 2. The molecule has 136 valence electrons. The lowest BCUT2D eigenvalue weighted by atomic mass is 9.85. The molecule has 1 unspecified atom stereocenters. The van der Waals surface area contributed by atoms with Gasteiger partial charge in [0, 0.05) is 43.4 Å². The number of amides is 2. The lowest BCUT2D eigenvalue weighted by molar-refractivity contribution is -0.136. The molecule has 0 aromatic carbocycles. The fraction of sp³-hybridized carbons (Fsp3) is 0.556. The lowest BCUT2D eigenvalue weighted by Crippen LogP contribution is -2.40. The van der Waals surface area contributed by atoms with E-state index < -0.39 is 0 Å². The first-order valence-electron chi connectivity index (χ1n) is 9.16. The third-order valence-electron chi connectivity index (χ3n) is 5.63. The van der Waals surface area contributed by atoms with Crippen LogP contribution in [-0.4, -0.2) is 39.8 Å². The average Bonchev–Trinajstić information content (AvgIpc) is 3.30. The Balaban J connectivity index is 1.28. The molecule has 1 atom stereocenters. The minimum absolute atomic E-state index is 0.0234. The summed E-state index contributed by atoms with van der Waals surface area (Å²) < 4.78 is 5.93. The summed E-state index contributed by atoms with van der Waals surface area (Å²) in [6.45, 7) is 1.54. The van der Waals surface area contributed by atoms with E-state index in [9.17, 15) is 9.59 Å². The molecule has 1 aliphatic carbocycles. The number of nitrogens with zero attached hydrogens (tertiary/aromatic N) is 4. The number of hydrogen-bond donors (Lipinski definition) is 0. The summed E-state index contributed by atoms with van der Waals surface area (Å²) in [6.07, 6.45) is 6.19. The Hall–Kier alpha value is -2.22. The fourth-order valence-electron chi connectivity index (χ4n) is 3.90. The minimum atomic E-state index is -0.300. The van der Waals surface area contributed by atoms with E-state index in [4.69, 9.17) is 4.42 Å². The number of carbonyl (C=O) groups excluding carboxylic acids is 2. The van der Waals surface area contributed by atoms with Crippen molar-refractivity contribution in [1.82, 2.24) is 14.9 Å². The standard InChI is InChI=1S/C18H20N4O3S/c23-15-8-12(9-22(15)18-19-5-7-26-18)17(24)21-6-4-14-13(10-21)20-16(25-14)11-2-1-3-11/h5,7,11-12H,1-4,6,8-10H2. The lowest BCUT2D eigenvalue weighted by Gasteiger charge is -2.27. The smallest absolute Gasteiger partial charge is 0.229 e. The van der Waals surface area contributed by atoms with Crippen LogP contribution in [0.3, 0.4) is 0 Å². The molecule has 2 aromatic rings. The summed E-state index contributed by atoms with van der Waals surface area (Å²) >= 11 is 1.42. The van der Waals surface area contributed by atoms with Gasteiger partial charge in [0.05, 0.1) is 12.5 Å². The van der Waals surface area contributed by atoms with E-state index in [1.807, 2.05) is 10.3 Å².